The second-order valence-corrected chi connectivity index (χ2v) is 3.75. The highest BCUT2D eigenvalue weighted by Gasteiger charge is 2.05. The van der Waals surface area contributed by atoms with Gasteiger partial charge in [-0.25, -0.2) is 0 Å². The van der Waals surface area contributed by atoms with Crippen LogP contribution in [0.3, 0.4) is 0 Å². The predicted molar refractivity (Wildman–Crippen MR) is 60.4 cm³/mol. The van der Waals surface area contributed by atoms with Crippen LogP contribution in [0.25, 0.3) is 5.57 Å². The zero-order valence-corrected chi connectivity index (χ0v) is 8.17. The molecule has 0 unspecified atom stereocenters. The summed E-state index contributed by atoms with van der Waals surface area (Å²) in [7, 11) is 2.18. The number of rotatable bonds is 1. The third kappa shape index (κ3) is 1.75. The van der Waals surface area contributed by atoms with Gasteiger partial charge in [0.1, 0.15) is 7.85 Å². The molecule has 0 atom stereocenters. The number of hydrogen-bond donors (Lipinski definition) is 0. The van der Waals surface area contributed by atoms with Crippen LogP contribution < -0.4 is 0 Å². The van der Waals surface area contributed by atoms with Crippen LogP contribution in [0.4, 0.5) is 0 Å². The van der Waals surface area contributed by atoms with Gasteiger partial charge in [0.25, 0.3) is 0 Å². The fraction of sp³-hybridized carbons (Fsp3) is 0.167. The molecule has 0 bridgehead atoms. The molecule has 0 fully saturated rings. The van der Waals surface area contributed by atoms with Crippen LogP contribution in [0, 0.1) is 6.92 Å². The molecule has 0 heterocycles. The molecule has 0 aliphatic heterocycles. The molecule has 13 heavy (non-hydrogen) atoms. The van der Waals surface area contributed by atoms with Crippen LogP contribution in [0.1, 0.15) is 17.5 Å². The van der Waals surface area contributed by atoms with E-state index < -0.39 is 0 Å². The zero-order valence-electron chi connectivity index (χ0n) is 8.17. The van der Waals surface area contributed by atoms with Crippen molar-refractivity contribution in [2.24, 2.45) is 0 Å². The SMILES string of the molecule is BC1=CC=C(c2ccc(C)cc2)C1. The van der Waals surface area contributed by atoms with E-state index in [1.54, 1.807) is 0 Å². The van der Waals surface area contributed by atoms with E-state index in [-0.39, 0.29) is 0 Å². The van der Waals surface area contributed by atoms with E-state index in [0.717, 1.165) is 6.42 Å². The lowest BCUT2D eigenvalue weighted by Crippen LogP contribution is -1.83. The standard InChI is InChI=1S/C12H13B/c1-9-2-4-10(5-3-9)11-6-7-12(13)8-11/h2-7H,8,13H2,1H3. The first-order chi connectivity index (χ1) is 6.25. The van der Waals surface area contributed by atoms with Crippen molar-refractivity contribution < 1.29 is 0 Å². The Balaban J connectivity index is 2.24. The summed E-state index contributed by atoms with van der Waals surface area (Å²) in [5.41, 5.74) is 5.58. The highest BCUT2D eigenvalue weighted by molar-refractivity contribution is 6.23. The summed E-state index contributed by atoms with van der Waals surface area (Å²) in [4.78, 5) is 0. The Kier molecular flexibility index (Phi) is 2.09. The summed E-state index contributed by atoms with van der Waals surface area (Å²) in [6.45, 7) is 2.12. The van der Waals surface area contributed by atoms with Crippen molar-refractivity contribution in [1.29, 1.82) is 0 Å². The average Bonchev–Trinajstić information content (AvgIpc) is 2.53. The van der Waals surface area contributed by atoms with Gasteiger partial charge in [-0.3, -0.25) is 0 Å². The molecule has 0 aromatic heterocycles. The average molecular weight is 168 g/mol. The fourth-order valence-corrected chi connectivity index (χ4v) is 1.63. The summed E-state index contributed by atoms with van der Waals surface area (Å²) < 4.78 is 0. The van der Waals surface area contributed by atoms with E-state index in [4.69, 9.17) is 0 Å². The van der Waals surface area contributed by atoms with Gasteiger partial charge < -0.3 is 0 Å². The normalized spacial score (nSPS) is 15.5. The van der Waals surface area contributed by atoms with Gasteiger partial charge in [0.05, 0.1) is 0 Å². The van der Waals surface area contributed by atoms with E-state index in [9.17, 15) is 0 Å². The molecule has 1 aliphatic carbocycles. The Morgan fingerprint density at radius 1 is 1.08 bits per heavy atom. The minimum atomic E-state index is 1.11. The van der Waals surface area contributed by atoms with E-state index in [0.29, 0.717) is 0 Å². The van der Waals surface area contributed by atoms with Crippen LogP contribution in [-0.4, -0.2) is 7.85 Å². The highest BCUT2D eigenvalue weighted by Crippen LogP contribution is 2.26. The maximum absolute atomic E-state index is 2.22. The van der Waals surface area contributed by atoms with E-state index in [1.807, 2.05) is 0 Å². The Morgan fingerprint density at radius 2 is 1.77 bits per heavy atom. The maximum Gasteiger partial charge on any atom is 0.134 e. The smallest absolute Gasteiger partial charge is 0.106 e. The van der Waals surface area contributed by atoms with Crippen LogP contribution in [0.5, 0.6) is 0 Å². The van der Waals surface area contributed by atoms with E-state index in [1.165, 1.54) is 22.2 Å². The summed E-state index contributed by atoms with van der Waals surface area (Å²) >= 11 is 0. The Bertz CT molecular complexity index is 369. The van der Waals surface area contributed by atoms with Gasteiger partial charge in [0, 0.05) is 0 Å². The molecule has 1 aromatic carbocycles. The minimum absolute atomic E-state index is 1.11. The van der Waals surface area contributed by atoms with Crippen molar-refractivity contribution in [3.05, 3.63) is 53.0 Å². The van der Waals surface area contributed by atoms with Gasteiger partial charge in [-0.05, 0) is 24.5 Å². The number of hydrogen-bond acceptors (Lipinski definition) is 0. The zero-order chi connectivity index (χ0) is 9.26. The van der Waals surface area contributed by atoms with Gasteiger partial charge in [0.2, 0.25) is 0 Å². The van der Waals surface area contributed by atoms with Crippen molar-refractivity contribution in [2.75, 3.05) is 0 Å². The van der Waals surface area contributed by atoms with E-state index >= 15 is 0 Å². The van der Waals surface area contributed by atoms with Gasteiger partial charge in [-0.1, -0.05) is 42.0 Å². The summed E-state index contributed by atoms with van der Waals surface area (Å²) in [5, 5.41) is 0. The third-order valence-electron chi connectivity index (χ3n) is 2.46. The van der Waals surface area contributed by atoms with Crippen molar-refractivity contribution in [1.82, 2.24) is 0 Å². The molecule has 2 rings (SSSR count). The molecular formula is C12H13B. The highest BCUT2D eigenvalue weighted by atomic mass is 14.1. The lowest BCUT2D eigenvalue weighted by Gasteiger charge is -2.03. The Labute approximate surface area is 80.4 Å². The number of allylic oxidation sites excluding steroid dienone is 4. The molecule has 0 nitrogen and oxygen atoms in total. The quantitative estimate of drug-likeness (QED) is 0.564. The Morgan fingerprint density at radius 3 is 2.31 bits per heavy atom. The van der Waals surface area contributed by atoms with Gasteiger partial charge in [-0.15, -0.1) is 5.47 Å². The monoisotopic (exact) mass is 168 g/mol. The Hall–Kier alpha value is -1.24. The van der Waals surface area contributed by atoms with Crippen molar-refractivity contribution in [2.45, 2.75) is 13.3 Å². The molecule has 64 valence electrons. The molecule has 1 aromatic rings. The van der Waals surface area contributed by atoms with Gasteiger partial charge in [0.15, 0.2) is 0 Å². The number of aryl methyl sites for hydroxylation is 1. The molecule has 0 saturated carbocycles. The second kappa shape index (κ2) is 3.25. The van der Waals surface area contributed by atoms with Crippen LogP contribution in [0.15, 0.2) is 41.9 Å². The van der Waals surface area contributed by atoms with Crippen molar-refractivity contribution in [3.63, 3.8) is 0 Å². The fourth-order valence-electron chi connectivity index (χ4n) is 1.63. The predicted octanol–water partition coefficient (Wildman–Crippen LogP) is 2.30. The third-order valence-corrected chi connectivity index (χ3v) is 2.46. The molecule has 0 N–H and O–H groups in total. The van der Waals surface area contributed by atoms with Crippen molar-refractivity contribution >= 4 is 13.4 Å². The summed E-state index contributed by atoms with van der Waals surface area (Å²) in [5.74, 6) is 0. The molecule has 0 radical (unpaired) electrons. The first-order valence-corrected chi connectivity index (χ1v) is 4.69. The largest absolute Gasteiger partial charge is 0.134 e. The molecule has 1 aliphatic rings. The van der Waals surface area contributed by atoms with Crippen LogP contribution >= 0.6 is 0 Å². The maximum atomic E-state index is 2.22. The minimum Gasteiger partial charge on any atom is -0.106 e. The lowest BCUT2D eigenvalue weighted by atomic mass is 9.91. The number of benzene rings is 1. The summed E-state index contributed by atoms with van der Waals surface area (Å²) in [6, 6.07) is 8.74. The van der Waals surface area contributed by atoms with Gasteiger partial charge in [-0.2, -0.15) is 0 Å². The van der Waals surface area contributed by atoms with Crippen LogP contribution in [-0.2, 0) is 0 Å². The second-order valence-electron chi connectivity index (χ2n) is 3.75. The molecular weight excluding hydrogens is 155 g/mol. The summed E-state index contributed by atoms with van der Waals surface area (Å²) in [6.07, 6.45) is 5.54. The van der Waals surface area contributed by atoms with Gasteiger partial charge >= 0.3 is 0 Å². The van der Waals surface area contributed by atoms with Crippen LogP contribution in [0.2, 0.25) is 0 Å². The molecule has 0 spiro atoms. The molecule has 0 saturated heterocycles. The van der Waals surface area contributed by atoms with Crippen molar-refractivity contribution in [3.8, 4) is 0 Å². The molecule has 1 heteroatoms. The topological polar surface area (TPSA) is 0 Å². The lowest BCUT2D eigenvalue weighted by molar-refractivity contribution is 1.38. The van der Waals surface area contributed by atoms with E-state index in [2.05, 4.69) is 51.2 Å². The molecule has 0 amide bonds. The first-order valence-electron chi connectivity index (χ1n) is 4.69. The first kappa shape index (κ1) is 8.37.